The molecular formula is C20H12BrN3O4S. The van der Waals surface area contributed by atoms with Crippen LogP contribution in [0.25, 0.3) is 17.4 Å². The summed E-state index contributed by atoms with van der Waals surface area (Å²) in [6, 6.07) is 17.0. The molecule has 1 N–H and O–H groups in total. The van der Waals surface area contributed by atoms with Crippen LogP contribution in [-0.2, 0) is 4.79 Å². The van der Waals surface area contributed by atoms with Gasteiger partial charge in [0.05, 0.1) is 15.5 Å². The van der Waals surface area contributed by atoms with E-state index in [1.165, 1.54) is 23.9 Å². The number of benzene rings is 2. The van der Waals surface area contributed by atoms with Crippen LogP contribution >= 0.6 is 27.7 Å². The highest BCUT2D eigenvalue weighted by molar-refractivity contribution is 9.10. The first-order chi connectivity index (χ1) is 14.0. The molecule has 1 fully saturated rings. The van der Waals surface area contributed by atoms with E-state index in [0.29, 0.717) is 27.2 Å². The SMILES string of the molecule is O=C1NC(=Nc2ccc(Br)cc2)SC1=Cc1ccc(-c2cccc([N+](=O)[O-])c2)o1. The number of amidine groups is 1. The molecule has 7 nitrogen and oxygen atoms in total. The summed E-state index contributed by atoms with van der Waals surface area (Å²) in [4.78, 5) is 27.6. The van der Waals surface area contributed by atoms with Crippen LogP contribution in [0.3, 0.4) is 0 Å². The molecule has 0 saturated carbocycles. The number of non-ortho nitro benzene ring substituents is 1. The number of carbonyl (C=O) groups is 1. The zero-order valence-electron chi connectivity index (χ0n) is 14.7. The summed E-state index contributed by atoms with van der Waals surface area (Å²) in [7, 11) is 0. The number of hydrogen-bond acceptors (Lipinski definition) is 6. The van der Waals surface area contributed by atoms with Gasteiger partial charge in [-0.1, -0.05) is 28.1 Å². The number of amides is 1. The Morgan fingerprint density at radius 3 is 2.69 bits per heavy atom. The fourth-order valence-electron chi connectivity index (χ4n) is 2.60. The largest absolute Gasteiger partial charge is 0.457 e. The van der Waals surface area contributed by atoms with Gasteiger partial charge in [0.15, 0.2) is 5.17 Å². The minimum atomic E-state index is -0.457. The van der Waals surface area contributed by atoms with Gasteiger partial charge in [-0.3, -0.25) is 14.9 Å². The Bertz CT molecular complexity index is 1170. The van der Waals surface area contributed by atoms with E-state index in [9.17, 15) is 14.9 Å². The smallest absolute Gasteiger partial charge is 0.270 e. The van der Waals surface area contributed by atoms with Gasteiger partial charge in [-0.2, -0.15) is 0 Å². The van der Waals surface area contributed by atoms with E-state index >= 15 is 0 Å². The number of thioether (sulfide) groups is 1. The van der Waals surface area contributed by atoms with E-state index in [-0.39, 0.29) is 11.6 Å². The van der Waals surface area contributed by atoms with Crippen molar-refractivity contribution >= 4 is 56.2 Å². The molecule has 9 heteroatoms. The molecule has 2 heterocycles. The summed E-state index contributed by atoms with van der Waals surface area (Å²) in [5.41, 5.74) is 1.30. The standard InChI is InChI=1S/C20H12BrN3O4S/c21-13-4-6-14(7-5-13)22-20-23-19(25)18(29-20)11-16-8-9-17(28-16)12-2-1-3-15(10-12)24(26)27/h1-11H,(H,22,23,25). The highest BCUT2D eigenvalue weighted by Crippen LogP contribution is 2.31. The van der Waals surface area contributed by atoms with Crippen molar-refractivity contribution in [3.63, 3.8) is 0 Å². The first kappa shape index (κ1) is 19.2. The van der Waals surface area contributed by atoms with Gasteiger partial charge < -0.3 is 9.73 Å². The van der Waals surface area contributed by atoms with Gasteiger partial charge in [0.1, 0.15) is 11.5 Å². The molecule has 0 unspecified atom stereocenters. The fraction of sp³-hybridized carbons (Fsp3) is 0. The lowest BCUT2D eigenvalue weighted by Gasteiger charge is -1.97. The summed E-state index contributed by atoms with van der Waals surface area (Å²) in [6.45, 7) is 0. The molecular weight excluding hydrogens is 458 g/mol. The quantitative estimate of drug-likeness (QED) is 0.308. The van der Waals surface area contributed by atoms with Crippen LogP contribution in [0, 0.1) is 10.1 Å². The third-order valence-corrected chi connectivity index (χ3v) is 5.39. The topological polar surface area (TPSA) is 97.7 Å². The zero-order chi connectivity index (χ0) is 20.4. The molecule has 0 radical (unpaired) electrons. The maximum Gasteiger partial charge on any atom is 0.270 e. The lowest BCUT2D eigenvalue weighted by atomic mass is 10.1. The number of nitro groups is 1. The van der Waals surface area contributed by atoms with Crippen molar-refractivity contribution in [3.8, 4) is 11.3 Å². The van der Waals surface area contributed by atoms with Gasteiger partial charge in [-0.25, -0.2) is 4.99 Å². The van der Waals surface area contributed by atoms with Gasteiger partial charge in [0.2, 0.25) is 0 Å². The summed E-state index contributed by atoms with van der Waals surface area (Å²) >= 11 is 4.58. The molecule has 1 aromatic heterocycles. The average molecular weight is 470 g/mol. The van der Waals surface area contributed by atoms with E-state index < -0.39 is 4.92 Å². The van der Waals surface area contributed by atoms with Crippen LogP contribution in [0.1, 0.15) is 5.76 Å². The number of hydrogen-bond donors (Lipinski definition) is 1. The van der Waals surface area contributed by atoms with Crippen molar-refractivity contribution in [1.82, 2.24) is 5.32 Å². The Balaban J connectivity index is 1.54. The lowest BCUT2D eigenvalue weighted by molar-refractivity contribution is -0.384. The number of rotatable bonds is 4. The van der Waals surface area contributed by atoms with Crippen LogP contribution in [0.4, 0.5) is 11.4 Å². The second kappa shape index (κ2) is 8.06. The first-order valence-electron chi connectivity index (χ1n) is 8.38. The molecule has 1 aliphatic rings. The third-order valence-electron chi connectivity index (χ3n) is 3.95. The van der Waals surface area contributed by atoms with Crippen molar-refractivity contribution in [2.45, 2.75) is 0 Å². The number of nitrogens with zero attached hydrogens (tertiary/aromatic N) is 2. The maximum atomic E-state index is 12.2. The van der Waals surface area contributed by atoms with Crippen molar-refractivity contribution in [1.29, 1.82) is 0 Å². The van der Waals surface area contributed by atoms with Crippen LogP contribution in [-0.4, -0.2) is 16.0 Å². The van der Waals surface area contributed by atoms with E-state index in [1.807, 2.05) is 24.3 Å². The molecule has 0 atom stereocenters. The molecule has 1 amide bonds. The Morgan fingerprint density at radius 2 is 1.93 bits per heavy atom. The Labute approximate surface area is 177 Å². The van der Waals surface area contributed by atoms with Gasteiger partial charge in [-0.05, 0) is 48.2 Å². The molecule has 144 valence electrons. The first-order valence-corrected chi connectivity index (χ1v) is 9.99. The molecule has 2 aromatic carbocycles. The molecule has 1 saturated heterocycles. The summed E-state index contributed by atoms with van der Waals surface area (Å²) in [5, 5.41) is 14.1. The van der Waals surface area contributed by atoms with E-state index in [0.717, 1.165) is 10.2 Å². The third kappa shape index (κ3) is 4.47. The van der Waals surface area contributed by atoms with E-state index in [4.69, 9.17) is 4.42 Å². The van der Waals surface area contributed by atoms with E-state index in [2.05, 4.69) is 26.2 Å². The highest BCUT2D eigenvalue weighted by Gasteiger charge is 2.24. The van der Waals surface area contributed by atoms with E-state index in [1.54, 1.807) is 30.3 Å². The number of carbonyl (C=O) groups excluding carboxylic acids is 1. The molecule has 4 rings (SSSR count). The number of halogens is 1. The van der Waals surface area contributed by atoms with Crippen LogP contribution in [0.5, 0.6) is 0 Å². The second-order valence-corrected chi connectivity index (χ2v) is 7.91. The number of nitro benzene ring substituents is 1. The Morgan fingerprint density at radius 1 is 1.14 bits per heavy atom. The molecule has 29 heavy (non-hydrogen) atoms. The second-order valence-electron chi connectivity index (χ2n) is 5.97. The number of furan rings is 1. The Hall–Kier alpha value is -3.17. The highest BCUT2D eigenvalue weighted by atomic mass is 79.9. The van der Waals surface area contributed by atoms with Gasteiger partial charge in [-0.15, -0.1) is 0 Å². The minimum absolute atomic E-state index is 0.0154. The fourth-order valence-corrected chi connectivity index (χ4v) is 3.69. The van der Waals surface area contributed by atoms with Crippen molar-refractivity contribution < 1.29 is 14.1 Å². The number of aliphatic imine (C=N–C) groups is 1. The minimum Gasteiger partial charge on any atom is -0.457 e. The predicted octanol–water partition coefficient (Wildman–Crippen LogP) is 5.51. The monoisotopic (exact) mass is 469 g/mol. The summed E-state index contributed by atoms with van der Waals surface area (Å²) < 4.78 is 6.69. The zero-order valence-corrected chi connectivity index (χ0v) is 17.1. The van der Waals surface area contributed by atoms with Crippen molar-refractivity contribution in [3.05, 3.63) is 85.9 Å². The maximum absolute atomic E-state index is 12.2. The average Bonchev–Trinajstić information content (AvgIpc) is 3.31. The number of nitrogens with one attached hydrogen (secondary N) is 1. The van der Waals surface area contributed by atoms with Crippen LogP contribution in [0.15, 0.2) is 79.5 Å². The summed E-state index contributed by atoms with van der Waals surface area (Å²) in [6.07, 6.45) is 1.62. The van der Waals surface area contributed by atoms with Gasteiger partial charge in [0, 0.05) is 28.2 Å². The van der Waals surface area contributed by atoms with Crippen molar-refractivity contribution in [2.75, 3.05) is 0 Å². The molecule has 0 spiro atoms. The van der Waals surface area contributed by atoms with Crippen molar-refractivity contribution in [2.24, 2.45) is 4.99 Å². The van der Waals surface area contributed by atoms with Gasteiger partial charge in [0.25, 0.3) is 11.6 Å². The normalized spacial score (nSPS) is 16.4. The van der Waals surface area contributed by atoms with Crippen LogP contribution in [0.2, 0.25) is 0 Å². The molecule has 3 aromatic rings. The predicted molar refractivity (Wildman–Crippen MR) is 116 cm³/mol. The molecule has 0 bridgehead atoms. The molecule has 1 aliphatic heterocycles. The lowest BCUT2D eigenvalue weighted by Crippen LogP contribution is -2.19. The van der Waals surface area contributed by atoms with Gasteiger partial charge >= 0.3 is 0 Å². The van der Waals surface area contributed by atoms with Crippen LogP contribution < -0.4 is 5.32 Å². The summed E-state index contributed by atoms with van der Waals surface area (Å²) in [5.74, 6) is 0.681. The molecule has 0 aliphatic carbocycles. The Kier molecular flexibility index (Phi) is 5.32.